The SMILES string of the molecule is C=CCC(NC(=O)OCc1ccccc1)c1ccc(SC)cc1. The summed E-state index contributed by atoms with van der Waals surface area (Å²) in [4.78, 5) is 13.2. The molecule has 23 heavy (non-hydrogen) atoms. The monoisotopic (exact) mass is 327 g/mol. The minimum absolute atomic E-state index is 0.133. The van der Waals surface area contributed by atoms with Crippen molar-refractivity contribution in [3.05, 3.63) is 78.4 Å². The molecule has 120 valence electrons. The van der Waals surface area contributed by atoms with Crippen LogP contribution >= 0.6 is 11.8 Å². The third-order valence-corrected chi connectivity index (χ3v) is 4.17. The zero-order valence-electron chi connectivity index (χ0n) is 13.2. The van der Waals surface area contributed by atoms with Gasteiger partial charge in [-0.1, -0.05) is 48.5 Å². The second-order valence-corrected chi connectivity index (χ2v) is 5.94. The van der Waals surface area contributed by atoms with Crippen molar-refractivity contribution in [3.8, 4) is 0 Å². The lowest BCUT2D eigenvalue weighted by Crippen LogP contribution is -2.28. The van der Waals surface area contributed by atoms with Crippen molar-refractivity contribution in [2.24, 2.45) is 0 Å². The largest absolute Gasteiger partial charge is 0.445 e. The highest BCUT2D eigenvalue weighted by Crippen LogP contribution is 2.21. The Kier molecular flexibility index (Phi) is 6.76. The van der Waals surface area contributed by atoms with Gasteiger partial charge in [-0.25, -0.2) is 4.79 Å². The summed E-state index contributed by atoms with van der Waals surface area (Å²) >= 11 is 1.69. The fourth-order valence-electron chi connectivity index (χ4n) is 2.19. The third kappa shape index (κ3) is 5.49. The molecular formula is C19H21NO2S. The smallest absolute Gasteiger partial charge is 0.407 e. The van der Waals surface area contributed by atoms with Crippen molar-refractivity contribution in [1.29, 1.82) is 0 Å². The Morgan fingerprint density at radius 2 is 1.91 bits per heavy atom. The van der Waals surface area contributed by atoms with E-state index in [2.05, 4.69) is 11.9 Å². The Bertz CT molecular complexity index is 626. The number of alkyl carbamates (subject to hydrolysis) is 1. The lowest BCUT2D eigenvalue weighted by Gasteiger charge is -2.18. The van der Waals surface area contributed by atoms with Crippen LogP contribution in [0.25, 0.3) is 0 Å². The molecule has 2 aromatic carbocycles. The summed E-state index contributed by atoms with van der Waals surface area (Å²) in [6.45, 7) is 4.03. The second-order valence-electron chi connectivity index (χ2n) is 5.06. The van der Waals surface area contributed by atoms with Crippen LogP contribution in [0.2, 0.25) is 0 Å². The first kappa shape index (κ1) is 17.2. The molecule has 0 saturated heterocycles. The summed E-state index contributed by atoms with van der Waals surface area (Å²) in [5.74, 6) is 0. The van der Waals surface area contributed by atoms with Gasteiger partial charge in [-0.05, 0) is 35.9 Å². The number of hydrogen-bond donors (Lipinski definition) is 1. The predicted molar refractivity (Wildman–Crippen MR) is 95.5 cm³/mol. The zero-order chi connectivity index (χ0) is 16.5. The lowest BCUT2D eigenvalue weighted by atomic mass is 10.0. The van der Waals surface area contributed by atoms with Crippen molar-refractivity contribution in [2.45, 2.75) is 24.0 Å². The molecule has 4 heteroatoms. The van der Waals surface area contributed by atoms with Crippen LogP contribution in [0, 0.1) is 0 Å². The molecule has 2 aromatic rings. The van der Waals surface area contributed by atoms with Gasteiger partial charge in [0.25, 0.3) is 0 Å². The summed E-state index contributed by atoms with van der Waals surface area (Å²) in [5, 5.41) is 2.90. The molecule has 0 heterocycles. The van der Waals surface area contributed by atoms with Gasteiger partial charge in [0.05, 0.1) is 6.04 Å². The predicted octanol–water partition coefficient (Wildman–Crippen LogP) is 4.95. The quantitative estimate of drug-likeness (QED) is 0.577. The fraction of sp³-hybridized carbons (Fsp3) is 0.211. The average Bonchev–Trinajstić information content (AvgIpc) is 2.60. The molecule has 1 N–H and O–H groups in total. The first-order valence-electron chi connectivity index (χ1n) is 7.45. The van der Waals surface area contributed by atoms with Crippen molar-refractivity contribution in [3.63, 3.8) is 0 Å². The molecule has 0 radical (unpaired) electrons. The van der Waals surface area contributed by atoms with E-state index in [1.165, 1.54) is 4.90 Å². The first-order valence-corrected chi connectivity index (χ1v) is 8.67. The second kappa shape index (κ2) is 9.06. The molecule has 0 aliphatic heterocycles. The van der Waals surface area contributed by atoms with Crippen LogP contribution in [0.3, 0.4) is 0 Å². The Labute approximate surface area is 141 Å². The molecule has 0 bridgehead atoms. The number of benzene rings is 2. The highest BCUT2D eigenvalue weighted by atomic mass is 32.2. The van der Waals surface area contributed by atoms with Gasteiger partial charge >= 0.3 is 6.09 Å². The Morgan fingerprint density at radius 3 is 2.52 bits per heavy atom. The summed E-state index contributed by atoms with van der Waals surface area (Å²) in [6, 6.07) is 17.6. The summed E-state index contributed by atoms with van der Waals surface area (Å²) in [6.07, 6.45) is 4.06. The van der Waals surface area contributed by atoms with Gasteiger partial charge in [0.15, 0.2) is 0 Å². The topological polar surface area (TPSA) is 38.3 Å². The normalized spacial score (nSPS) is 11.5. The molecule has 0 fully saturated rings. The molecule has 2 rings (SSSR count). The van der Waals surface area contributed by atoms with Crippen LogP contribution in [0.4, 0.5) is 4.79 Å². The number of hydrogen-bond acceptors (Lipinski definition) is 3. The van der Waals surface area contributed by atoms with E-state index in [-0.39, 0.29) is 12.6 Å². The number of carbonyl (C=O) groups excluding carboxylic acids is 1. The number of rotatable bonds is 7. The van der Waals surface area contributed by atoms with Crippen LogP contribution in [0.5, 0.6) is 0 Å². The number of ether oxygens (including phenoxy) is 1. The number of nitrogens with one attached hydrogen (secondary N) is 1. The maximum atomic E-state index is 12.0. The highest BCUT2D eigenvalue weighted by Gasteiger charge is 2.14. The van der Waals surface area contributed by atoms with Crippen molar-refractivity contribution >= 4 is 17.9 Å². The Morgan fingerprint density at radius 1 is 1.22 bits per heavy atom. The van der Waals surface area contributed by atoms with Crippen molar-refractivity contribution < 1.29 is 9.53 Å². The van der Waals surface area contributed by atoms with Crippen LogP contribution in [0.1, 0.15) is 23.6 Å². The van der Waals surface area contributed by atoms with E-state index < -0.39 is 6.09 Å². The zero-order valence-corrected chi connectivity index (χ0v) is 14.0. The number of thioether (sulfide) groups is 1. The molecule has 0 aliphatic rings. The van der Waals surface area contributed by atoms with Crippen molar-refractivity contribution in [1.82, 2.24) is 5.32 Å². The summed E-state index contributed by atoms with van der Waals surface area (Å²) in [7, 11) is 0. The number of amides is 1. The van der Waals surface area contributed by atoms with E-state index >= 15 is 0 Å². The Hall–Kier alpha value is -2.20. The van der Waals surface area contributed by atoms with Gasteiger partial charge < -0.3 is 10.1 Å². The van der Waals surface area contributed by atoms with Gasteiger partial charge in [0.2, 0.25) is 0 Å². The van der Waals surface area contributed by atoms with E-state index in [0.29, 0.717) is 6.42 Å². The van der Waals surface area contributed by atoms with Crippen LogP contribution in [-0.2, 0) is 11.3 Å². The fourth-order valence-corrected chi connectivity index (χ4v) is 2.60. The third-order valence-electron chi connectivity index (χ3n) is 3.43. The van der Waals surface area contributed by atoms with Crippen LogP contribution < -0.4 is 5.32 Å². The molecule has 1 atom stereocenters. The van der Waals surface area contributed by atoms with E-state index in [1.54, 1.807) is 17.8 Å². The van der Waals surface area contributed by atoms with Gasteiger partial charge in [0, 0.05) is 4.90 Å². The minimum Gasteiger partial charge on any atom is -0.445 e. The summed E-state index contributed by atoms with van der Waals surface area (Å²) < 4.78 is 5.28. The van der Waals surface area contributed by atoms with Crippen LogP contribution in [0.15, 0.2) is 72.1 Å². The molecule has 0 saturated carbocycles. The van der Waals surface area contributed by atoms with E-state index in [1.807, 2.05) is 60.9 Å². The van der Waals surface area contributed by atoms with Gasteiger partial charge in [-0.15, -0.1) is 18.3 Å². The Balaban J connectivity index is 1.94. The molecule has 0 spiro atoms. The van der Waals surface area contributed by atoms with E-state index in [0.717, 1.165) is 11.1 Å². The first-order chi connectivity index (χ1) is 11.2. The van der Waals surface area contributed by atoms with Gasteiger partial charge in [0.1, 0.15) is 6.61 Å². The minimum atomic E-state index is -0.422. The van der Waals surface area contributed by atoms with E-state index in [4.69, 9.17) is 4.74 Å². The molecule has 1 amide bonds. The van der Waals surface area contributed by atoms with E-state index in [9.17, 15) is 4.79 Å². The molecule has 3 nitrogen and oxygen atoms in total. The molecule has 1 unspecified atom stereocenters. The van der Waals surface area contributed by atoms with Gasteiger partial charge in [-0.2, -0.15) is 0 Å². The summed E-state index contributed by atoms with van der Waals surface area (Å²) in [5.41, 5.74) is 2.01. The molecule has 0 aliphatic carbocycles. The van der Waals surface area contributed by atoms with Crippen molar-refractivity contribution in [2.75, 3.05) is 6.26 Å². The molecular weight excluding hydrogens is 306 g/mol. The van der Waals surface area contributed by atoms with Gasteiger partial charge in [-0.3, -0.25) is 0 Å². The standard InChI is InChI=1S/C19H21NO2S/c1-3-7-18(16-10-12-17(23-2)13-11-16)20-19(21)22-14-15-8-5-4-6-9-15/h3-6,8-13,18H,1,7,14H2,2H3,(H,20,21). The average molecular weight is 327 g/mol. The lowest BCUT2D eigenvalue weighted by molar-refractivity contribution is 0.135. The molecule has 0 aromatic heterocycles. The maximum Gasteiger partial charge on any atom is 0.407 e. The number of carbonyl (C=O) groups is 1. The maximum absolute atomic E-state index is 12.0. The van der Waals surface area contributed by atoms with Crippen LogP contribution in [-0.4, -0.2) is 12.3 Å². The highest BCUT2D eigenvalue weighted by molar-refractivity contribution is 7.98.